The molecule has 0 saturated carbocycles. The Hall–Kier alpha value is -2.92. The lowest BCUT2D eigenvalue weighted by atomic mass is 10.1. The van der Waals surface area contributed by atoms with Crippen LogP contribution in [0.4, 0.5) is 11.8 Å². The molecule has 22 heavy (non-hydrogen) atoms. The lowest BCUT2D eigenvalue weighted by Crippen LogP contribution is -2.05. The highest BCUT2D eigenvalue weighted by Gasteiger charge is 2.14. The lowest BCUT2D eigenvalue weighted by molar-refractivity contribution is 1.05. The van der Waals surface area contributed by atoms with Crippen molar-refractivity contribution in [2.24, 2.45) is 0 Å². The summed E-state index contributed by atoms with van der Waals surface area (Å²) in [6.45, 7) is 0. The smallest absolute Gasteiger partial charge is 0.222 e. The first-order valence-corrected chi connectivity index (χ1v) is 7.01. The molecule has 8 heteroatoms. The molecule has 0 amide bonds. The molecule has 3 aromatic rings. The summed E-state index contributed by atoms with van der Waals surface area (Å²) >= 11 is 3.51. The molecule has 108 valence electrons. The van der Waals surface area contributed by atoms with Gasteiger partial charge in [0.25, 0.3) is 0 Å². The fraction of sp³-hybridized carbons (Fsp3) is 0. The molecule has 0 bridgehead atoms. The number of anilines is 2. The Morgan fingerprint density at radius 1 is 1.23 bits per heavy atom. The second-order valence-electron chi connectivity index (χ2n) is 4.44. The van der Waals surface area contributed by atoms with Crippen LogP contribution in [-0.2, 0) is 0 Å². The van der Waals surface area contributed by atoms with E-state index in [4.69, 9.17) is 11.5 Å². The Morgan fingerprint density at radius 2 is 2.05 bits per heavy atom. The van der Waals surface area contributed by atoms with Crippen molar-refractivity contribution in [3.05, 3.63) is 47.0 Å². The summed E-state index contributed by atoms with van der Waals surface area (Å²) in [6.07, 6.45) is 5.22. The highest BCUT2D eigenvalue weighted by Crippen LogP contribution is 2.30. The molecule has 0 atom stereocenters. The largest absolute Gasteiger partial charge is 0.382 e. The van der Waals surface area contributed by atoms with Crippen LogP contribution in [0.2, 0.25) is 0 Å². The topological polar surface area (TPSA) is 119 Å². The van der Waals surface area contributed by atoms with Crippen molar-refractivity contribution in [2.75, 3.05) is 11.5 Å². The molecule has 2 aromatic heterocycles. The summed E-state index contributed by atoms with van der Waals surface area (Å²) in [4.78, 5) is 12.0. The molecule has 0 aliphatic rings. The molecule has 0 radical (unpaired) electrons. The van der Waals surface area contributed by atoms with Crippen LogP contribution in [0, 0.1) is 11.3 Å². The zero-order chi connectivity index (χ0) is 15.7. The van der Waals surface area contributed by atoms with E-state index in [0.29, 0.717) is 11.3 Å². The zero-order valence-electron chi connectivity index (χ0n) is 11.2. The summed E-state index contributed by atoms with van der Waals surface area (Å²) in [6, 6.07) is 7.58. The Balaban J connectivity index is 2.15. The van der Waals surface area contributed by atoms with Crippen molar-refractivity contribution < 1.29 is 0 Å². The lowest BCUT2D eigenvalue weighted by Gasteiger charge is -2.10. The van der Waals surface area contributed by atoms with Gasteiger partial charge in [0, 0.05) is 22.4 Å². The quantitative estimate of drug-likeness (QED) is 0.726. The van der Waals surface area contributed by atoms with Crippen LogP contribution < -0.4 is 11.5 Å². The third kappa shape index (κ3) is 2.38. The maximum atomic E-state index is 9.25. The van der Waals surface area contributed by atoms with Crippen molar-refractivity contribution >= 4 is 27.7 Å². The van der Waals surface area contributed by atoms with Crippen LogP contribution in [0.5, 0.6) is 0 Å². The molecule has 4 N–H and O–H groups in total. The number of rotatable bonds is 2. The minimum Gasteiger partial charge on any atom is -0.382 e. The first kappa shape index (κ1) is 14.0. The fourth-order valence-corrected chi connectivity index (χ4v) is 2.66. The van der Waals surface area contributed by atoms with Crippen LogP contribution in [0.3, 0.4) is 0 Å². The van der Waals surface area contributed by atoms with Gasteiger partial charge in [-0.05, 0) is 28.1 Å². The standard InChI is InChI=1S/C14H10BrN7/c15-10-5-8(1-2-11(10)22-4-3-19-7-22)12-9(6-16)13(17)21-14(18)20-12/h1-5,7H,(H4,17,18,20,21). The number of nitriles is 1. The number of halogens is 1. The molecule has 0 aliphatic carbocycles. The van der Waals surface area contributed by atoms with Crippen molar-refractivity contribution in [1.82, 2.24) is 19.5 Å². The minimum absolute atomic E-state index is 0.0290. The van der Waals surface area contributed by atoms with Gasteiger partial charge in [0.2, 0.25) is 5.95 Å². The zero-order valence-corrected chi connectivity index (χ0v) is 12.8. The molecule has 2 heterocycles. The SMILES string of the molecule is N#Cc1c(N)nc(N)nc1-c1ccc(-n2ccnc2)c(Br)c1. The molecule has 0 saturated heterocycles. The van der Waals surface area contributed by atoms with Gasteiger partial charge in [0.05, 0.1) is 17.7 Å². The number of nitrogens with two attached hydrogens (primary N) is 2. The summed E-state index contributed by atoms with van der Waals surface area (Å²) < 4.78 is 2.68. The van der Waals surface area contributed by atoms with Crippen LogP contribution in [0.15, 0.2) is 41.4 Å². The van der Waals surface area contributed by atoms with Crippen molar-refractivity contribution in [2.45, 2.75) is 0 Å². The van der Waals surface area contributed by atoms with E-state index in [1.165, 1.54) is 0 Å². The molecule has 1 aromatic carbocycles. The molecule has 0 aliphatic heterocycles. The fourth-order valence-electron chi connectivity index (χ4n) is 2.08. The van der Waals surface area contributed by atoms with Crippen LogP contribution in [0.1, 0.15) is 5.56 Å². The highest BCUT2D eigenvalue weighted by atomic mass is 79.9. The van der Waals surface area contributed by atoms with Crippen molar-refractivity contribution in [1.29, 1.82) is 5.26 Å². The number of nitrogen functional groups attached to an aromatic ring is 2. The van der Waals surface area contributed by atoms with E-state index < -0.39 is 0 Å². The normalized spacial score (nSPS) is 10.4. The monoisotopic (exact) mass is 355 g/mol. The Kier molecular flexibility index (Phi) is 3.48. The van der Waals surface area contributed by atoms with Gasteiger partial charge >= 0.3 is 0 Å². The number of nitrogens with zero attached hydrogens (tertiary/aromatic N) is 5. The maximum absolute atomic E-state index is 9.25. The number of imidazole rings is 1. The number of benzene rings is 1. The van der Waals surface area contributed by atoms with E-state index in [-0.39, 0.29) is 17.3 Å². The summed E-state index contributed by atoms with van der Waals surface area (Å²) in [5, 5.41) is 9.25. The van der Waals surface area contributed by atoms with Gasteiger partial charge in [-0.2, -0.15) is 10.2 Å². The molecule has 7 nitrogen and oxygen atoms in total. The third-order valence-electron chi connectivity index (χ3n) is 3.07. The first-order valence-electron chi connectivity index (χ1n) is 6.21. The van der Waals surface area contributed by atoms with Gasteiger partial charge in [0.1, 0.15) is 17.5 Å². The van der Waals surface area contributed by atoms with E-state index in [1.54, 1.807) is 12.5 Å². The van der Waals surface area contributed by atoms with Crippen molar-refractivity contribution in [3.8, 4) is 23.0 Å². The van der Waals surface area contributed by atoms with E-state index in [0.717, 1.165) is 10.2 Å². The van der Waals surface area contributed by atoms with Gasteiger partial charge in [-0.1, -0.05) is 6.07 Å². The summed E-state index contributed by atoms with van der Waals surface area (Å²) in [5.41, 5.74) is 13.6. The number of hydrogen-bond acceptors (Lipinski definition) is 6. The predicted molar refractivity (Wildman–Crippen MR) is 85.8 cm³/mol. The molecule has 0 spiro atoms. The summed E-state index contributed by atoms with van der Waals surface area (Å²) in [7, 11) is 0. The van der Waals surface area contributed by atoms with Gasteiger partial charge in [-0.15, -0.1) is 0 Å². The second kappa shape index (κ2) is 5.46. The summed E-state index contributed by atoms with van der Waals surface area (Å²) in [5.74, 6) is 0.0983. The number of hydrogen-bond donors (Lipinski definition) is 2. The van der Waals surface area contributed by atoms with Gasteiger partial charge < -0.3 is 16.0 Å². The van der Waals surface area contributed by atoms with Crippen LogP contribution >= 0.6 is 15.9 Å². The van der Waals surface area contributed by atoms with E-state index in [2.05, 4.69) is 30.9 Å². The molecule has 3 rings (SSSR count). The third-order valence-corrected chi connectivity index (χ3v) is 3.70. The Bertz CT molecular complexity index is 881. The minimum atomic E-state index is 0.0290. The Labute approximate surface area is 134 Å². The molecule has 0 fully saturated rings. The molecule has 0 unspecified atom stereocenters. The average Bonchev–Trinajstić information content (AvgIpc) is 3.00. The molecular weight excluding hydrogens is 346 g/mol. The second-order valence-corrected chi connectivity index (χ2v) is 5.29. The van der Waals surface area contributed by atoms with Crippen LogP contribution in [0.25, 0.3) is 16.9 Å². The molecular formula is C14H10BrN7. The van der Waals surface area contributed by atoms with Gasteiger partial charge in [-0.3, -0.25) is 0 Å². The van der Waals surface area contributed by atoms with Gasteiger partial charge in [0.15, 0.2) is 0 Å². The van der Waals surface area contributed by atoms with E-state index in [1.807, 2.05) is 35.0 Å². The highest BCUT2D eigenvalue weighted by molar-refractivity contribution is 9.10. The average molecular weight is 356 g/mol. The predicted octanol–water partition coefficient (Wildman–Crippen LogP) is 2.13. The van der Waals surface area contributed by atoms with Gasteiger partial charge in [-0.25, -0.2) is 9.97 Å². The van der Waals surface area contributed by atoms with E-state index in [9.17, 15) is 5.26 Å². The van der Waals surface area contributed by atoms with E-state index >= 15 is 0 Å². The van der Waals surface area contributed by atoms with Crippen molar-refractivity contribution in [3.63, 3.8) is 0 Å². The Morgan fingerprint density at radius 3 is 2.68 bits per heavy atom. The first-order chi connectivity index (χ1) is 10.6. The number of aromatic nitrogens is 4. The van der Waals surface area contributed by atoms with Crippen LogP contribution in [-0.4, -0.2) is 19.5 Å². The maximum Gasteiger partial charge on any atom is 0.222 e.